The second-order valence-electron chi connectivity index (χ2n) is 6.43. The first-order chi connectivity index (χ1) is 13.3. The number of nitrogens with one attached hydrogen (secondary N) is 1. The van der Waals surface area contributed by atoms with Gasteiger partial charge in [0.2, 0.25) is 10.0 Å². The lowest BCUT2D eigenvalue weighted by atomic mass is 10.1. The molecule has 0 unspecified atom stereocenters. The van der Waals surface area contributed by atoms with Crippen LogP contribution in [0.25, 0.3) is 22.2 Å². The summed E-state index contributed by atoms with van der Waals surface area (Å²) in [5.41, 5.74) is 10.2. The molecule has 0 spiro atoms. The molecular formula is C20H25N3O4S. The lowest BCUT2D eigenvalue weighted by molar-refractivity contribution is 0.323. The Morgan fingerprint density at radius 3 is 2.39 bits per heavy atom. The van der Waals surface area contributed by atoms with E-state index in [9.17, 15) is 8.42 Å². The van der Waals surface area contributed by atoms with Crippen molar-refractivity contribution >= 4 is 26.6 Å². The molecule has 3 N–H and O–H groups in total. The van der Waals surface area contributed by atoms with Gasteiger partial charge < -0.3 is 19.8 Å². The maximum Gasteiger partial charge on any atom is 0.208 e. The average molecular weight is 404 g/mol. The highest BCUT2D eigenvalue weighted by Crippen LogP contribution is 2.38. The number of anilines is 1. The van der Waals surface area contributed by atoms with Gasteiger partial charge in [-0.1, -0.05) is 0 Å². The second kappa shape index (κ2) is 8.12. The van der Waals surface area contributed by atoms with Gasteiger partial charge in [-0.3, -0.25) is 0 Å². The van der Waals surface area contributed by atoms with E-state index in [1.807, 2.05) is 42.5 Å². The Morgan fingerprint density at radius 2 is 1.79 bits per heavy atom. The number of hydrogen-bond acceptors (Lipinski definition) is 5. The van der Waals surface area contributed by atoms with Crippen LogP contribution >= 0.6 is 0 Å². The van der Waals surface area contributed by atoms with Gasteiger partial charge in [0.1, 0.15) is 18.1 Å². The van der Waals surface area contributed by atoms with E-state index in [1.54, 1.807) is 7.11 Å². The Kier molecular flexibility index (Phi) is 5.81. The maximum absolute atomic E-state index is 11.1. The predicted molar refractivity (Wildman–Crippen MR) is 112 cm³/mol. The van der Waals surface area contributed by atoms with Crippen molar-refractivity contribution in [2.24, 2.45) is 0 Å². The van der Waals surface area contributed by atoms with Crippen LogP contribution < -0.4 is 19.9 Å². The van der Waals surface area contributed by atoms with E-state index < -0.39 is 10.0 Å². The number of nitrogens with zero attached hydrogens (tertiary/aromatic N) is 1. The molecule has 150 valence electrons. The standard InChI is InChI=1S/C20H25N3O4S/c1-4-23-18-13-16(26-2)9-10-17(18)19(21)20(23)14-5-7-15(8-6-14)27-12-11-22-28(3,24)25/h5-10,13,22H,4,11-12,21H2,1-3H3. The maximum atomic E-state index is 11.1. The summed E-state index contributed by atoms with van der Waals surface area (Å²) in [5, 5.41) is 0.991. The molecule has 0 radical (unpaired) electrons. The highest BCUT2D eigenvalue weighted by molar-refractivity contribution is 7.88. The highest BCUT2D eigenvalue weighted by atomic mass is 32.2. The van der Waals surface area contributed by atoms with Crippen molar-refractivity contribution in [3.63, 3.8) is 0 Å². The molecule has 0 aliphatic heterocycles. The van der Waals surface area contributed by atoms with Gasteiger partial charge in [-0.25, -0.2) is 13.1 Å². The summed E-state index contributed by atoms with van der Waals surface area (Å²) in [6.45, 7) is 3.32. The first-order valence-electron chi connectivity index (χ1n) is 8.97. The van der Waals surface area contributed by atoms with Gasteiger partial charge in [0.15, 0.2) is 0 Å². The summed E-state index contributed by atoms with van der Waals surface area (Å²) in [5.74, 6) is 1.45. The van der Waals surface area contributed by atoms with Gasteiger partial charge in [-0.15, -0.1) is 0 Å². The van der Waals surface area contributed by atoms with E-state index in [-0.39, 0.29) is 13.2 Å². The molecule has 28 heavy (non-hydrogen) atoms. The summed E-state index contributed by atoms with van der Waals surface area (Å²) in [7, 11) is -1.56. The summed E-state index contributed by atoms with van der Waals surface area (Å²) < 4.78 is 37.6. The molecule has 3 rings (SSSR count). The van der Waals surface area contributed by atoms with Gasteiger partial charge in [-0.05, 0) is 43.3 Å². The zero-order chi connectivity index (χ0) is 20.3. The smallest absolute Gasteiger partial charge is 0.208 e. The number of aryl methyl sites for hydroxylation is 1. The largest absolute Gasteiger partial charge is 0.497 e. The molecule has 3 aromatic rings. The van der Waals surface area contributed by atoms with Crippen molar-refractivity contribution in [3.05, 3.63) is 42.5 Å². The number of rotatable bonds is 8. The van der Waals surface area contributed by atoms with Crippen LogP contribution in [0.2, 0.25) is 0 Å². The Morgan fingerprint density at radius 1 is 1.11 bits per heavy atom. The fourth-order valence-corrected chi connectivity index (χ4v) is 3.68. The van der Waals surface area contributed by atoms with Crippen molar-refractivity contribution in [2.75, 3.05) is 32.3 Å². The molecule has 0 aliphatic rings. The van der Waals surface area contributed by atoms with E-state index in [4.69, 9.17) is 15.2 Å². The van der Waals surface area contributed by atoms with Gasteiger partial charge >= 0.3 is 0 Å². The average Bonchev–Trinajstić information content (AvgIpc) is 2.96. The molecule has 0 amide bonds. The van der Waals surface area contributed by atoms with E-state index in [0.717, 1.165) is 46.4 Å². The number of nitrogens with two attached hydrogens (primary N) is 1. The van der Waals surface area contributed by atoms with Crippen molar-refractivity contribution in [2.45, 2.75) is 13.5 Å². The molecular weight excluding hydrogens is 378 g/mol. The first kappa shape index (κ1) is 20.0. The van der Waals surface area contributed by atoms with Crippen LogP contribution in [0, 0.1) is 0 Å². The molecule has 2 aromatic carbocycles. The Labute approximate surface area is 165 Å². The lowest BCUT2D eigenvalue weighted by Crippen LogP contribution is -2.26. The molecule has 0 aliphatic carbocycles. The van der Waals surface area contributed by atoms with Gasteiger partial charge in [0.25, 0.3) is 0 Å². The number of methoxy groups -OCH3 is 1. The third kappa shape index (κ3) is 4.23. The molecule has 1 heterocycles. The minimum atomic E-state index is -3.21. The van der Waals surface area contributed by atoms with Crippen LogP contribution in [0.5, 0.6) is 11.5 Å². The van der Waals surface area contributed by atoms with Crippen LogP contribution in [0.4, 0.5) is 5.69 Å². The minimum absolute atomic E-state index is 0.222. The second-order valence-corrected chi connectivity index (χ2v) is 8.26. The first-order valence-corrected chi connectivity index (χ1v) is 10.9. The number of benzene rings is 2. The molecule has 0 atom stereocenters. The van der Waals surface area contributed by atoms with Crippen LogP contribution in [0.1, 0.15) is 6.92 Å². The molecule has 0 saturated carbocycles. The van der Waals surface area contributed by atoms with Gasteiger partial charge in [-0.2, -0.15) is 0 Å². The molecule has 1 aromatic heterocycles. The molecule has 8 heteroatoms. The number of ether oxygens (including phenoxy) is 2. The van der Waals surface area contributed by atoms with Crippen molar-refractivity contribution in [1.82, 2.24) is 9.29 Å². The third-order valence-electron chi connectivity index (χ3n) is 4.49. The summed E-state index contributed by atoms with van der Waals surface area (Å²) >= 11 is 0. The fraction of sp³-hybridized carbons (Fsp3) is 0.300. The molecule has 7 nitrogen and oxygen atoms in total. The predicted octanol–water partition coefficient (Wildman–Crippen LogP) is 2.85. The Balaban J connectivity index is 1.85. The number of aromatic nitrogens is 1. The Bertz CT molecular complexity index is 1070. The van der Waals surface area contributed by atoms with E-state index in [1.165, 1.54) is 0 Å². The number of nitrogen functional groups attached to an aromatic ring is 1. The van der Waals surface area contributed by atoms with Crippen LogP contribution in [-0.2, 0) is 16.6 Å². The van der Waals surface area contributed by atoms with E-state index in [2.05, 4.69) is 16.2 Å². The lowest BCUT2D eigenvalue weighted by Gasteiger charge is -2.11. The van der Waals surface area contributed by atoms with Crippen molar-refractivity contribution in [3.8, 4) is 22.8 Å². The summed E-state index contributed by atoms with van der Waals surface area (Å²) in [6.07, 6.45) is 1.12. The van der Waals surface area contributed by atoms with Crippen molar-refractivity contribution in [1.29, 1.82) is 0 Å². The van der Waals surface area contributed by atoms with Crippen LogP contribution in [0.3, 0.4) is 0 Å². The summed E-state index contributed by atoms with van der Waals surface area (Å²) in [4.78, 5) is 0. The molecule has 0 bridgehead atoms. The molecule has 0 fully saturated rings. The monoisotopic (exact) mass is 403 g/mol. The third-order valence-corrected chi connectivity index (χ3v) is 5.22. The highest BCUT2D eigenvalue weighted by Gasteiger charge is 2.16. The normalized spacial score (nSPS) is 11.7. The van der Waals surface area contributed by atoms with Crippen molar-refractivity contribution < 1.29 is 17.9 Å². The van der Waals surface area contributed by atoms with E-state index >= 15 is 0 Å². The zero-order valence-electron chi connectivity index (χ0n) is 16.2. The van der Waals surface area contributed by atoms with E-state index in [0.29, 0.717) is 5.75 Å². The molecule has 0 saturated heterocycles. The van der Waals surface area contributed by atoms with Gasteiger partial charge in [0.05, 0.1) is 30.3 Å². The van der Waals surface area contributed by atoms with Crippen LogP contribution in [-0.4, -0.2) is 39.5 Å². The van der Waals surface area contributed by atoms with Crippen LogP contribution in [0.15, 0.2) is 42.5 Å². The van der Waals surface area contributed by atoms with Gasteiger partial charge in [0, 0.05) is 30.1 Å². The zero-order valence-corrected chi connectivity index (χ0v) is 17.0. The topological polar surface area (TPSA) is 95.6 Å². The number of fused-ring (bicyclic) bond motifs is 1. The summed E-state index contributed by atoms with van der Waals surface area (Å²) in [6, 6.07) is 13.5. The number of hydrogen-bond donors (Lipinski definition) is 2. The SMILES string of the molecule is CCn1c(-c2ccc(OCCNS(C)(=O)=O)cc2)c(N)c2ccc(OC)cc21. The quantitative estimate of drug-likeness (QED) is 0.564. The Hall–Kier alpha value is -2.71. The number of sulfonamides is 1. The minimum Gasteiger partial charge on any atom is -0.497 e. The fourth-order valence-electron chi connectivity index (χ4n) is 3.23.